The van der Waals surface area contributed by atoms with Crippen LogP contribution >= 0.6 is 0 Å². The average Bonchev–Trinajstić information content (AvgIpc) is 2.74. The first-order chi connectivity index (χ1) is 14.5. The largest absolute Gasteiger partial charge is 0.206 e. The van der Waals surface area contributed by atoms with Crippen molar-refractivity contribution in [1.29, 1.82) is 0 Å². The molecular formula is C26H22F4. The summed E-state index contributed by atoms with van der Waals surface area (Å²) < 4.78 is 55.7. The van der Waals surface area contributed by atoms with Gasteiger partial charge in [-0.25, -0.2) is 17.6 Å². The van der Waals surface area contributed by atoms with Crippen LogP contribution in [0.2, 0.25) is 0 Å². The summed E-state index contributed by atoms with van der Waals surface area (Å²) >= 11 is 0. The fraction of sp³-hybridized carbons (Fsp3) is 0.231. The fourth-order valence-corrected chi connectivity index (χ4v) is 4.00. The highest BCUT2D eigenvalue weighted by Crippen LogP contribution is 2.34. The fourth-order valence-electron chi connectivity index (χ4n) is 4.00. The first-order valence-corrected chi connectivity index (χ1v) is 10.3. The van der Waals surface area contributed by atoms with Gasteiger partial charge in [0, 0.05) is 10.9 Å². The normalized spacial score (nSPS) is 11.5. The summed E-state index contributed by atoms with van der Waals surface area (Å²) in [5.74, 6) is -4.82. The zero-order valence-corrected chi connectivity index (χ0v) is 16.7. The first-order valence-electron chi connectivity index (χ1n) is 10.3. The molecule has 4 aromatic rings. The standard InChI is InChI=1S/C26H22F4/c1-2-3-4-5-6-16-7-9-19-17(13-16)8-10-22-21(19)12-11-20(25(22)29)18-14-23(27)26(30)24(28)15-18/h7-15H,2-6H2,1H3. The van der Waals surface area contributed by atoms with Crippen LogP contribution in [0.1, 0.15) is 38.2 Å². The van der Waals surface area contributed by atoms with E-state index in [2.05, 4.69) is 19.1 Å². The maximum Gasteiger partial charge on any atom is 0.194 e. The van der Waals surface area contributed by atoms with Gasteiger partial charge in [-0.05, 0) is 52.3 Å². The number of unbranched alkanes of at least 4 members (excludes halogenated alkanes) is 3. The van der Waals surface area contributed by atoms with Gasteiger partial charge >= 0.3 is 0 Å². The summed E-state index contributed by atoms with van der Waals surface area (Å²) in [6, 6.07) is 14.6. The van der Waals surface area contributed by atoms with Gasteiger partial charge in [0.2, 0.25) is 0 Å². The second kappa shape index (κ2) is 8.47. The van der Waals surface area contributed by atoms with E-state index in [-0.39, 0.29) is 11.1 Å². The Morgan fingerprint density at radius 1 is 0.633 bits per heavy atom. The van der Waals surface area contributed by atoms with Gasteiger partial charge in [0.05, 0.1) is 0 Å². The van der Waals surface area contributed by atoms with Crippen molar-refractivity contribution in [2.45, 2.75) is 39.0 Å². The Bertz CT molecular complexity index is 1200. The van der Waals surface area contributed by atoms with Gasteiger partial charge in [0.25, 0.3) is 0 Å². The van der Waals surface area contributed by atoms with Gasteiger partial charge in [0.15, 0.2) is 17.5 Å². The molecule has 0 saturated carbocycles. The number of rotatable bonds is 6. The van der Waals surface area contributed by atoms with Gasteiger partial charge < -0.3 is 0 Å². The Hall–Kier alpha value is -2.88. The van der Waals surface area contributed by atoms with Crippen LogP contribution in [0, 0.1) is 23.3 Å². The Morgan fingerprint density at radius 2 is 1.33 bits per heavy atom. The summed E-state index contributed by atoms with van der Waals surface area (Å²) in [6.45, 7) is 2.19. The minimum absolute atomic E-state index is 0.0340. The van der Waals surface area contributed by atoms with Crippen LogP contribution in [0.25, 0.3) is 32.7 Å². The number of hydrogen-bond acceptors (Lipinski definition) is 0. The molecule has 0 aliphatic carbocycles. The SMILES string of the molecule is CCCCCCc1ccc2c(ccc3c(F)c(-c4cc(F)c(F)c(F)c4)ccc32)c1. The maximum absolute atomic E-state index is 15.2. The van der Waals surface area contributed by atoms with Crippen LogP contribution in [0.4, 0.5) is 17.6 Å². The molecule has 0 spiro atoms. The molecule has 0 radical (unpaired) electrons. The third-order valence-corrected chi connectivity index (χ3v) is 5.63. The van der Waals surface area contributed by atoms with Crippen LogP contribution in [0.3, 0.4) is 0 Å². The van der Waals surface area contributed by atoms with Gasteiger partial charge in [-0.2, -0.15) is 0 Å². The van der Waals surface area contributed by atoms with Crippen LogP contribution in [0.5, 0.6) is 0 Å². The van der Waals surface area contributed by atoms with Crippen molar-refractivity contribution in [3.63, 3.8) is 0 Å². The molecule has 0 saturated heterocycles. The van der Waals surface area contributed by atoms with Gasteiger partial charge in [-0.3, -0.25) is 0 Å². The molecule has 0 amide bonds. The molecule has 0 unspecified atom stereocenters. The molecule has 0 bridgehead atoms. The highest BCUT2D eigenvalue weighted by molar-refractivity contribution is 6.08. The molecule has 0 N–H and O–H groups in total. The summed E-state index contributed by atoms with van der Waals surface area (Å²) in [5, 5.41) is 3.04. The quantitative estimate of drug-likeness (QED) is 0.130. The van der Waals surface area contributed by atoms with E-state index in [1.165, 1.54) is 30.9 Å². The summed E-state index contributed by atoms with van der Waals surface area (Å²) in [5.41, 5.74) is 1.26. The smallest absolute Gasteiger partial charge is 0.194 e. The van der Waals surface area contributed by atoms with Gasteiger partial charge in [-0.1, -0.05) is 68.7 Å². The molecule has 0 aliphatic rings. The number of hydrogen-bond donors (Lipinski definition) is 0. The predicted octanol–water partition coefficient (Wildman–Crippen LogP) is 8.34. The zero-order valence-electron chi connectivity index (χ0n) is 16.7. The second-order valence-electron chi connectivity index (χ2n) is 7.71. The molecule has 0 heterocycles. The topological polar surface area (TPSA) is 0 Å². The third-order valence-electron chi connectivity index (χ3n) is 5.63. The van der Waals surface area contributed by atoms with Crippen molar-refractivity contribution in [2.75, 3.05) is 0 Å². The number of aryl methyl sites for hydroxylation is 1. The molecular weight excluding hydrogens is 388 g/mol. The highest BCUT2D eigenvalue weighted by atomic mass is 19.2. The number of fused-ring (bicyclic) bond motifs is 3. The van der Waals surface area contributed by atoms with E-state index < -0.39 is 23.3 Å². The van der Waals surface area contributed by atoms with Crippen LogP contribution in [-0.2, 0) is 6.42 Å². The van der Waals surface area contributed by atoms with E-state index >= 15 is 4.39 Å². The summed E-state index contributed by atoms with van der Waals surface area (Å²) in [6.07, 6.45) is 5.82. The van der Waals surface area contributed by atoms with Crippen molar-refractivity contribution in [1.82, 2.24) is 0 Å². The monoisotopic (exact) mass is 410 g/mol. The molecule has 4 aromatic carbocycles. The van der Waals surface area contributed by atoms with E-state index in [0.29, 0.717) is 5.39 Å². The lowest BCUT2D eigenvalue weighted by Crippen LogP contribution is -1.94. The molecule has 0 aliphatic heterocycles. The molecule has 0 atom stereocenters. The second-order valence-corrected chi connectivity index (χ2v) is 7.71. The number of halogens is 4. The summed E-state index contributed by atoms with van der Waals surface area (Å²) in [7, 11) is 0. The molecule has 0 fully saturated rings. The van der Waals surface area contributed by atoms with Crippen LogP contribution < -0.4 is 0 Å². The summed E-state index contributed by atoms with van der Waals surface area (Å²) in [4.78, 5) is 0. The Morgan fingerprint density at radius 3 is 2.07 bits per heavy atom. The van der Waals surface area contributed by atoms with E-state index in [1.807, 2.05) is 12.1 Å². The van der Waals surface area contributed by atoms with E-state index in [0.717, 1.165) is 41.1 Å². The lowest BCUT2D eigenvalue weighted by Gasteiger charge is -2.11. The Kier molecular flexibility index (Phi) is 5.76. The zero-order chi connectivity index (χ0) is 21.3. The Labute approximate surface area is 173 Å². The van der Waals surface area contributed by atoms with E-state index in [4.69, 9.17) is 0 Å². The molecule has 4 rings (SSSR count). The molecule has 4 heteroatoms. The van der Waals surface area contributed by atoms with Crippen molar-refractivity contribution in [2.24, 2.45) is 0 Å². The van der Waals surface area contributed by atoms with E-state index in [1.54, 1.807) is 12.1 Å². The lowest BCUT2D eigenvalue weighted by molar-refractivity contribution is 0.447. The molecule has 154 valence electrons. The lowest BCUT2D eigenvalue weighted by atomic mass is 9.95. The first kappa shape index (κ1) is 20.4. The predicted molar refractivity (Wildman–Crippen MR) is 115 cm³/mol. The van der Waals surface area contributed by atoms with E-state index in [9.17, 15) is 13.2 Å². The maximum atomic E-state index is 15.2. The van der Waals surface area contributed by atoms with Crippen molar-refractivity contribution < 1.29 is 17.6 Å². The third kappa shape index (κ3) is 3.79. The minimum atomic E-state index is -1.56. The van der Waals surface area contributed by atoms with Gasteiger partial charge in [-0.15, -0.1) is 0 Å². The molecule has 0 nitrogen and oxygen atoms in total. The number of benzene rings is 4. The minimum Gasteiger partial charge on any atom is -0.206 e. The van der Waals surface area contributed by atoms with Crippen molar-refractivity contribution in [3.8, 4) is 11.1 Å². The van der Waals surface area contributed by atoms with Crippen molar-refractivity contribution >= 4 is 21.5 Å². The van der Waals surface area contributed by atoms with Crippen LogP contribution in [0.15, 0.2) is 54.6 Å². The molecule has 0 aromatic heterocycles. The Balaban J connectivity index is 1.75. The van der Waals surface area contributed by atoms with Crippen LogP contribution in [-0.4, -0.2) is 0 Å². The van der Waals surface area contributed by atoms with Gasteiger partial charge in [0.1, 0.15) is 5.82 Å². The average molecular weight is 410 g/mol. The van der Waals surface area contributed by atoms with Crippen molar-refractivity contribution in [3.05, 3.63) is 83.4 Å². The molecule has 30 heavy (non-hydrogen) atoms. The highest BCUT2D eigenvalue weighted by Gasteiger charge is 2.16.